The standard InChI is InChI=1S/C26H21FN2O3/c27-21-7-4-8-23(16-21)29-17-22(11-14-26(29)31)28-25(30)15-19-9-12-24(13-10-19)32-18-20-5-2-1-3-6-20/h1-14,16-17H,15,18H2,(H,28,30). The second kappa shape index (κ2) is 9.75. The Bertz CT molecular complexity index is 1270. The molecule has 4 aromatic rings. The van der Waals surface area contributed by atoms with Gasteiger partial charge in [0.25, 0.3) is 5.56 Å². The normalized spacial score (nSPS) is 10.5. The highest BCUT2D eigenvalue weighted by molar-refractivity contribution is 5.92. The molecular formula is C26H21FN2O3. The first-order valence-electron chi connectivity index (χ1n) is 10.1. The average molecular weight is 428 g/mol. The van der Waals surface area contributed by atoms with E-state index in [9.17, 15) is 14.0 Å². The van der Waals surface area contributed by atoms with Gasteiger partial charge in [-0.3, -0.25) is 14.2 Å². The van der Waals surface area contributed by atoms with Crippen LogP contribution in [0.4, 0.5) is 10.1 Å². The van der Waals surface area contributed by atoms with Crippen molar-refractivity contribution in [3.05, 3.63) is 124 Å². The van der Waals surface area contributed by atoms with Gasteiger partial charge in [0, 0.05) is 12.3 Å². The fraction of sp³-hybridized carbons (Fsp3) is 0.0769. The lowest BCUT2D eigenvalue weighted by molar-refractivity contribution is -0.115. The molecule has 4 rings (SSSR count). The second-order valence-corrected chi connectivity index (χ2v) is 7.25. The number of nitrogens with one attached hydrogen (secondary N) is 1. The molecule has 1 N–H and O–H groups in total. The van der Waals surface area contributed by atoms with Crippen molar-refractivity contribution in [3.8, 4) is 11.4 Å². The van der Waals surface area contributed by atoms with Crippen molar-refractivity contribution in [2.45, 2.75) is 13.0 Å². The number of carbonyl (C=O) groups excluding carboxylic acids is 1. The van der Waals surface area contributed by atoms with Gasteiger partial charge in [-0.05, 0) is 47.5 Å². The smallest absolute Gasteiger partial charge is 0.255 e. The van der Waals surface area contributed by atoms with Crippen LogP contribution in [0.5, 0.6) is 5.75 Å². The van der Waals surface area contributed by atoms with Crippen LogP contribution in [-0.2, 0) is 17.8 Å². The lowest BCUT2D eigenvalue weighted by atomic mass is 10.1. The molecule has 1 aromatic heterocycles. The quantitative estimate of drug-likeness (QED) is 0.463. The van der Waals surface area contributed by atoms with Gasteiger partial charge >= 0.3 is 0 Å². The monoisotopic (exact) mass is 428 g/mol. The van der Waals surface area contributed by atoms with Crippen LogP contribution in [0.15, 0.2) is 102 Å². The Balaban J connectivity index is 1.37. The van der Waals surface area contributed by atoms with E-state index in [0.29, 0.717) is 18.0 Å². The Labute approximate surface area is 184 Å². The molecule has 0 unspecified atom stereocenters. The molecule has 5 nitrogen and oxygen atoms in total. The molecule has 32 heavy (non-hydrogen) atoms. The zero-order valence-electron chi connectivity index (χ0n) is 17.2. The summed E-state index contributed by atoms with van der Waals surface area (Å²) >= 11 is 0. The number of halogens is 1. The van der Waals surface area contributed by atoms with Crippen LogP contribution in [0.1, 0.15) is 11.1 Å². The molecule has 0 aliphatic carbocycles. The van der Waals surface area contributed by atoms with Crippen molar-refractivity contribution in [2.24, 2.45) is 0 Å². The topological polar surface area (TPSA) is 60.3 Å². The first kappa shape index (κ1) is 21.1. The minimum absolute atomic E-state index is 0.165. The Hall–Kier alpha value is -4.19. The van der Waals surface area contributed by atoms with Crippen molar-refractivity contribution >= 4 is 11.6 Å². The fourth-order valence-corrected chi connectivity index (χ4v) is 3.22. The molecule has 0 radical (unpaired) electrons. The average Bonchev–Trinajstić information content (AvgIpc) is 2.80. The number of pyridine rings is 1. The predicted molar refractivity (Wildman–Crippen MR) is 122 cm³/mol. The van der Waals surface area contributed by atoms with E-state index in [0.717, 1.165) is 16.9 Å². The maximum atomic E-state index is 13.5. The van der Waals surface area contributed by atoms with Gasteiger partial charge in [0.1, 0.15) is 18.2 Å². The van der Waals surface area contributed by atoms with Crippen molar-refractivity contribution in [2.75, 3.05) is 5.32 Å². The number of anilines is 1. The van der Waals surface area contributed by atoms with Gasteiger partial charge < -0.3 is 10.1 Å². The van der Waals surface area contributed by atoms with Gasteiger partial charge in [0.15, 0.2) is 0 Å². The second-order valence-electron chi connectivity index (χ2n) is 7.25. The third kappa shape index (κ3) is 5.49. The fourth-order valence-electron chi connectivity index (χ4n) is 3.22. The van der Waals surface area contributed by atoms with Crippen molar-refractivity contribution in [3.63, 3.8) is 0 Å². The molecule has 0 aliphatic rings. The van der Waals surface area contributed by atoms with Crippen LogP contribution in [0.25, 0.3) is 5.69 Å². The zero-order chi connectivity index (χ0) is 22.3. The number of hydrogen-bond donors (Lipinski definition) is 1. The largest absolute Gasteiger partial charge is 0.489 e. The SMILES string of the molecule is O=C(Cc1ccc(OCc2ccccc2)cc1)Nc1ccc(=O)n(-c2cccc(F)c2)c1. The van der Waals surface area contributed by atoms with Crippen LogP contribution < -0.4 is 15.6 Å². The summed E-state index contributed by atoms with van der Waals surface area (Å²) < 4.78 is 20.6. The summed E-state index contributed by atoms with van der Waals surface area (Å²) in [5, 5.41) is 2.78. The molecular weight excluding hydrogens is 407 g/mol. The molecule has 160 valence electrons. The molecule has 0 fully saturated rings. The first-order chi connectivity index (χ1) is 15.6. The summed E-state index contributed by atoms with van der Waals surface area (Å²) in [7, 11) is 0. The van der Waals surface area contributed by atoms with Gasteiger partial charge in [-0.1, -0.05) is 48.5 Å². The molecule has 0 atom stereocenters. The summed E-state index contributed by atoms with van der Waals surface area (Å²) in [5.41, 5.74) is 2.42. The van der Waals surface area contributed by atoms with Crippen molar-refractivity contribution in [1.82, 2.24) is 4.57 Å². The third-order valence-electron chi connectivity index (χ3n) is 4.82. The molecule has 3 aromatic carbocycles. The number of nitrogens with zero attached hydrogens (tertiary/aromatic N) is 1. The van der Waals surface area contributed by atoms with Crippen molar-refractivity contribution in [1.29, 1.82) is 0 Å². The summed E-state index contributed by atoms with van der Waals surface area (Å²) in [6.07, 6.45) is 1.65. The summed E-state index contributed by atoms with van der Waals surface area (Å²) in [4.78, 5) is 24.6. The number of amides is 1. The summed E-state index contributed by atoms with van der Waals surface area (Å²) in [6, 6.07) is 25.8. The Morgan fingerprint density at radius 1 is 0.875 bits per heavy atom. The van der Waals surface area contributed by atoms with E-state index in [2.05, 4.69) is 5.32 Å². The Morgan fingerprint density at radius 2 is 1.66 bits per heavy atom. The number of benzene rings is 3. The van der Waals surface area contributed by atoms with E-state index in [1.165, 1.54) is 41.1 Å². The molecule has 0 aliphatic heterocycles. The number of rotatable bonds is 7. The molecule has 0 saturated heterocycles. The maximum absolute atomic E-state index is 13.5. The minimum atomic E-state index is -0.444. The van der Waals surface area contributed by atoms with Gasteiger partial charge in [0.2, 0.25) is 5.91 Å². The van der Waals surface area contributed by atoms with Crippen LogP contribution in [0.2, 0.25) is 0 Å². The number of ether oxygens (including phenoxy) is 1. The molecule has 6 heteroatoms. The molecule has 1 amide bonds. The molecule has 1 heterocycles. The summed E-state index contributed by atoms with van der Waals surface area (Å²) in [5.74, 6) is 0.0487. The number of aromatic nitrogens is 1. The maximum Gasteiger partial charge on any atom is 0.255 e. The Kier molecular flexibility index (Phi) is 6.41. The molecule has 0 saturated carbocycles. The highest BCUT2D eigenvalue weighted by Crippen LogP contribution is 2.16. The van der Waals surface area contributed by atoms with Gasteiger partial charge in [-0.2, -0.15) is 0 Å². The van der Waals surface area contributed by atoms with Crippen molar-refractivity contribution < 1.29 is 13.9 Å². The van der Waals surface area contributed by atoms with Crippen LogP contribution in [0.3, 0.4) is 0 Å². The lowest BCUT2D eigenvalue weighted by Crippen LogP contribution is -2.20. The summed E-state index contributed by atoms with van der Waals surface area (Å²) in [6.45, 7) is 0.474. The van der Waals surface area contributed by atoms with E-state index in [-0.39, 0.29) is 17.9 Å². The highest BCUT2D eigenvalue weighted by atomic mass is 19.1. The third-order valence-corrected chi connectivity index (χ3v) is 4.82. The van der Waals surface area contributed by atoms with Crippen LogP contribution in [0, 0.1) is 5.82 Å². The van der Waals surface area contributed by atoms with E-state index < -0.39 is 5.82 Å². The van der Waals surface area contributed by atoms with E-state index >= 15 is 0 Å². The Morgan fingerprint density at radius 3 is 2.41 bits per heavy atom. The molecule has 0 bridgehead atoms. The van der Waals surface area contributed by atoms with Gasteiger partial charge in [-0.25, -0.2) is 4.39 Å². The van der Waals surface area contributed by atoms with Gasteiger partial charge in [0.05, 0.1) is 17.8 Å². The number of carbonyl (C=O) groups is 1. The minimum Gasteiger partial charge on any atom is -0.489 e. The zero-order valence-corrected chi connectivity index (χ0v) is 17.2. The van der Waals surface area contributed by atoms with E-state index in [1.807, 2.05) is 54.6 Å². The van der Waals surface area contributed by atoms with Crippen LogP contribution in [-0.4, -0.2) is 10.5 Å². The number of hydrogen-bond acceptors (Lipinski definition) is 3. The first-order valence-corrected chi connectivity index (χ1v) is 10.1. The predicted octanol–water partition coefficient (Wildman–Crippen LogP) is 4.74. The van der Waals surface area contributed by atoms with E-state index in [1.54, 1.807) is 6.07 Å². The van der Waals surface area contributed by atoms with E-state index in [4.69, 9.17) is 4.74 Å². The molecule has 0 spiro atoms. The van der Waals surface area contributed by atoms with Gasteiger partial charge in [-0.15, -0.1) is 0 Å². The lowest BCUT2D eigenvalue weighted by Gasteiger charge is -2.10. The highest BCUT2D eigenvalue weighted by Gasteiger charge is 2.08. The van der Waals surface area contributed by atoms with Crippen LogP contribution >= 0.6 is 0 Å².